The van der Waals surface area contributed by atoms with E-state index in [1.165, 1.54) is 11.1 Å². The fourth-order valence-electron chi connectivity index (χ4n) is 2.86. The second-order valence-corrected chi connectivity index (χ2v) is 5.67. The van der Waals surface area contributed by atoms with Gasteiger partial charge >= 0.3 is 0 Å². The maximum absolute atomic E-state index is 12.8. The fraction of sp³-hybridized carbons (Fsp3) is 0.500. The molecule has 1 heterocycles. The lowest BCUT2D eigenvalue weighted by Gasteiger charge is -2.14. The highest BCUT2D eigenvalue weighted by molar-refractivity contribution is 6.10. The molecule has 21 heavy (non-hydrogen) atoms. The van der Waals surface area contributed by atoms with Crippen molar-refractivity contribution in [1.29, 1.82) is 0 Å². The lowest BCUT2D eigenvalue weighted by molar-refractivity contribution is 0.0943. The van der Waals surface area contributed by atoms with Crippen molar-refractivity contribution in [3.8, 4) is 0 Å². The average molecular weight is 286 g/mol. The number of likely N-dealkylation sites (N-methyl/N-ethyl adjacent to an activating group) is 1. The van der Waals surface area contributed by atoms with Crippen LogP contribution in [0.15, 0.2) is 18.3 Å². The van der Waals surface area contributed by atoms with Crippen molar-refractivity contribution < 1.29 is 4.79 Å². The van der Waals surface area contributed by atoms with Crippen molar-refractivity contribution in [3.05, 3.63) is 35.0 Å². The Morgan fingerprint density at radius 2 is 1.86 bits per heavy atom. The molecule has 3 nitrogen and oxygen atoms in total. The van der Waals surface area contributed by atoms with Crippen LogP contribution in [0.2, 0.25) is 0 Å². The summed E-state index contributed by atoms with van der Waals surface area (Å²) in [5.41, 5.74) is 4.52. The smallest absolute Gasteiger partial charge is 0.181 e. The zero-order valence-corrected chi connectivity index (χ0v) is 13.8. The van der Waals surface area contributed by atoms with Crippen LogP contribution in [0.3, 0.4) is 0 Å². The van der Waals surface area contributed by atoms with Gasteiger partial charge in [0.15, 0.2) is 5.78 Å². The molecule has 0 aliphatic heterocycles. The molecule has 1 N–H and O–H groups in total. The number of aryl methyl sites for hydroxylation is 3. The lowest BCUT2D eigenvalue weighted by Crippen LogP contribution is -2.35. The molecule has 1 aromatic carbocycles. The third-order valence-corrected chi connectivity index (χ3v) is 4.28. The average Bonchev–Trinajstić information content (AvgIpc) is 2.82. The van der Waals surface area contributed by atoms with E-state index in [9.17, 15) is 4.79 Å². The monoisotopic (exact) mass is 286 g/mol. The van der Waals surface area contributed by atoms with E-state index in [1.807, 2.05) is 13.1 Å². The Morgan fingerprint density at radius 3 is 2.43 bits per heavy atom. The summed E-state index contributed by atoms with van der Waals surface area (Å²) in [6.07, 6.45) is 2.84. The molecule has 114 valence electrons. The Hall–Kier alpha value is -1.61. The molecule has 0 spiro atoms. The van der Waals surface area contributed by atoms with Crippen LogP contribution < -0.4 is 5.32 Å². The maximum atomic E-state index is 12.8. The number of benzene rings is 1. The molecule has 0 radical (unpaired) electrons. The number of nitrogens with zero attached hydrogens (tertiary/aromatic N) is 1. The molecule has 1 unspecified atom stereocenters. The Balaban J connectivity index is 2.58. The van der Waals surface area contributed by atoms with Gasteiger partial charge in [-0.2, -0.15) is 0 Å². The van der Waals surface area contributed by atoms with E-state index in [2.05, 4.69) is 49.7 Å². The van der Waals surface area contributed by atoms with Crippen LogP contribution in [-0.4, -0.2) is 22.9 Å². The van der Waals surface area contributed by atoms with Gasteiger partial charge < -0.3 is 9.88 Å². The molecule has 0 bridgehead atoms. The molecule has 0 amide bonds. The van der Waals surface area contributed by atoms with Gasteiger partial charge in [0.25, 0.3) is 0 Å². The van der Waals surface area contributed by atoms with Gasteiger partial charge in [0.05, 0.1) is 6.04 Å². The van der Waals surface area contributed by atoms with Gasteiger partial charge in [-0.25, -0.2) is 0 Å². The Morgan fingerprint density at radius 1 is 1.19 bits per heavy atom. The van der Waals surface area contributed by atoms with E-state index < -0.39 is 0 Å². The van der Waals surface area contributed by atoms with Crippen molar-refractivity contribution in [3.63, 3.8) is 0 Å². The molecule has 1 atom stereocenters. The van der Waals surface area contributed by atoms with Crippen LogP contribution in [0.25, 0.3) is 10.9 Å². The minimum absolute atomic E-state index is 0.0903. The van der Waals surface area contributed by atoms with Gasteiger partial charge in [0.1, 0.15) is 0 Å². The molecular weight excluding hydrogens is 260 g/mol. The number of fused-ring (bicyclic) bond motifs is 1. The highest BCUT2D eigenvalue weighted by Gasteiger charge is 2.22. The van der Waals surface area contributed by atoms with E-state index in [0.29, 0.717) is 0 Å². The molecule has 2 rings (SSSR count). The molecule has 1 aromatic heterocycles. The number of aromatic nitrogens is 1. The van der Waals surface area contributed by atoms with E-state index in [1.54, 1.807) is 0 Å². The largest absolute Gasteiger partial charge is 0.347 e. The standard InChI is InChI=1S/C18H26N2O/c1-6-16(19-7-2)18(21)15-11-20(8-3)17-10-13(5)12(4)9-14(15)17/h9-11,16,19H,6-8H2,1-5H3. The second-order valence-electron chi connectivity index (χ2n) is 5.67. The first-order chi connectivity index (χ1) is 10.0. The molecule has 2 aromatic rings. The predicted molar refractivity (Wildman–Crippen MR) is 89.2 cm³/mol. The molecule has 0 saturated heterocycles. The summed E-state index contributed by atoms with van der Waals surface area (Å²) < 4.78 is 2.17. The SMILES string of the molecule is CCNC(CC)C(=O)c1cn(CC)c2cc(C)c(C)cc12. The van der Waals surface area contributed by atoms with Crippen molar-refractivity contribution in [2.45, 2.75) is 53.6 Å². The molecule has 0 fully saturated rings. The van der Waals surface area contributed by atoms with Crippen molar-refractivity contribution in [1.82, 2.24) is 9.88 Å². The summed E-state index contributed by atoms with van der Waals surface area (Å²) in [5, 5.41) is 4.37. The molecule has 0 saturated carbocycles. The molecule has 0 aliphatic carbocycles. The third-order valence-electron chi connectivity index (χ3n) is 4.28. The summed E-state index contributed by atoms with van der Waals surface area (Å²) in [6.45, 7) is 12.1. The fourth-order valence-corrected chi connectivity index (χ4v) is 2.86. The number of rotatable bonds is 6. The van der Waals surface area contributed by atoms with E-state index in [-0.39, 0.29) is 11.8 Å². The Labute approximate surface area is 127 Å². The molecular formula is C18H26N2O. The van der Waals surface area contributed by atoms with E-state index in [0.717, 1.165) is 36.0 Å². The Kier molecular flexibility index (Phi) is 4.84. The summed E-state index contributed by atoms with van der Waals surface area (Å²) in [6, 6.07) is 4.26. The van der Waals surface area contributed by atoms with Gasteiger partial charge in [0.2, 0.25) is 0 Å². The first-order valence-electron chi connectivity index (χ1n) is 7.91. The van der Waals surface area contributed by atoms with Crippen molar-refractivity contribution >= 4 is 16.7 Å². The first-order valence-corrected chi connectivity index (χ1v) is 7.91. The zero-order chi connectivity index (χ0) is 15.6. The number of Topliss-reactive ketones (excluding diaryl/α,β-unsaturated/α-hetero) is 1. The van der Waals surface area contributed by atoms with Crippen LogP contribution in [0.5, 0.6) is 0 Å². The van der Waals surface area contributed by atoms with E-state index >= 15 is 0 Å². The Bertz CT molecular complexity index is 655. The van der Waals surface area contributed by atoms with Crippen LogP contribution in [0.4, 0.5) is 0 Å². The lowest BCUT2D eigenvalue weighted by atomic mass is 9.99. The summed E-state index contributed by atoms with van der Waals surface area (Å²) in [7, 11) is 0. The van der Waals surface area contributed by atoms with Crippen LogP contribution >= 0.6 is 0 Å². The normalized spacial score (nSPS) is 12.8. The topological polar surface area (TPSA) is 34.0 Å². The van der Waals surface area contributed by atoms with Crippen molar-refractivity contribution in [2.75, 3.05) is 6.54 Å². The van der Waals surface area contributed by atoms with Gasteiger partial charge in [0, 0.05) is 29.2 Å². The summed E-state index contributed by atoms with van der Waals surface area (Å²) in [5.74, 6) is 0.208. The number of hydrogen-bond acceptors (Lipinski definition) is 2. The first kappa shape index (κ1) is 15.8. The third kappa shape index (κ3) is 2.88. The van der Waals surface area contributed by atoms with Gasteiger partial charge in [-0.1, -0.05) is 13.8 Å². The van der Waals surface area contributed by atoms with Crippen LogP contribution in [0, 0.1) is 13.8 Å². The van der Waals surface area contributed by atoms with Crippen LogP contribution in [0.1, 0.15) is 48.7 Å². The van der Waals surface area contributed by atoms with Crippen LogP contribution in [-0.2, 0) is 6.54 Å². The maximum Gasteiger partial charge on any atom is 0.181 e. The highest BCUT2D eigenvalue weighted by Crippen LogP contribution is 2.26. The van der Waals surface area contributed by atoms with Gasteiger partial charge in [-0.3, -0.25) is 4.79 Å². The number of carbonyl (C=O) groups excluding carboxylic acids is 1. The molecule has 3 heteroatoms. The van der Waals surface area contributed by atoms with Gasteiger partial charge in [-0.05, 0) is 57.0 Å². The summed E-state index contributed by atoms with van der Waals surface area (Å²) in [4.78, 5) is 12.8. The minimum atomic E-state index is -0.0903. The predicted octanol–water partition coefficient (Wildman–Crippen LogP) is 3.85. The number of carbonyl (C=O) groups is 1. The number of nitrogens with one attached hydrogen (secondary N) is 1. The van der Waals surface area contributed by atoms with Gasteiger partial charge in [-0.15, -0.1) is 0 Å². The zero-order valence-electron chi connectivity index (χ0n) is 13.8. The number of ketones is 1. The van der Waals surface area contributed by atoms with Crippen molar-refractivity contribution in [2.24, 2.45) is 0 Å². The second kappa shape index (κ2) is 6.44. The number of hydrogen-bond donors (Lipinski definition) is 1. The quantitative estimate of drug-likeness (QED) is 0.818. The summed E-state index contributed by atoms with van der Waals surface area (Å²) >= 11 is 0. The van der Waals surface area contributed by atoms with E-state index in [4.69, 9.17) is 0 Å². The minimum Gasteiger partial charge on any atom is -0.347 e. The highest BCUT2D eigenvalue weighted by atomic mass is 16.1. The molecule has 0 aliphatic rings.